The van der Waals surface area contributed by atoms with Crippen molar-refractivity contribution in [1.82, 2.24) is 24.6 Å². The quantitative estimate of drug-likeness (QED) is 0.442. The molecule has 4 rings (SSSR count). The molecule has 3 aromatic rings. The molecule has 2 N–H and O–H groups in total. The molecular formula is C23H31N7OS. The number of thiophene rings is 1. The van der Waals surface area contributed by atoms with Crippen molar-refractivity contribution in [3.63, 3.8) is 0 Å². The SMILES string of the molecule is C=CC(=O)CC1CCC(Nc2nc(Nc3cnn(CCN(C)C)c3)nc3ccsc23)CC1. The number of hydrogen-bond acceptors (Lipinski definition) is 8. The number of rotatable bonds is 10. The second-order valence-electron chi connectivity index (χ2n) is 8.69. The molecule has 0 saturated heterocycles. The van der Waals surface area contributed by atoms with Crippen LogP contribution in [0.15, 0.2) is 36.5 Å². The van der Waals surface area contributed by atoms with Gasteiger partial charge in [0.05, 0.1) is 28.6 Å². The van der Waals surface area contributed by atoms with Crippen LogP contribution in [-0.4, -0.2) is 57.1 Å². The van der Waals surface area contributed by atoms with E-state index in [4.69, 9.17) is 4.98 Å². The van der Waals surface area contributed by atoms with Crippen LogP contribution in [0.2, 0.25) is 0 Å². The van der Waals surface area contributed by atoms with Crippen LogP contribution in [0, 0.1) is 5.92 Å². The molecule has 1 saturated carbocycles. The molecule has 0 radical (unpaired) electrons. The van der Waals surface area contributed by atoms with Gasteiger partial charge in [0.2, 0.25) is 5.95 Å². The number of likely N-dealkylation sites (N-methyl/N-ethyl adjacent to an activating group) is 1. The highest BCUT2D eigenvalue weighted by molar-refractivity contribution is 7.17. The summed E-state index contributed by atoms with van der Waals surface area (Å²) in [5.74, 6) is 2.05. The summed E-state index contributed by atoms with van der Waals surface area (Å²) in [5, 5.41) is 13.4. The van der Waals surface area contributed by atoms with Gasteiger partial charge in [-0.3, -0.25) is 9.48 Å². The minimum atomic E-state index is 0.151. The van der Waals surface area contributed by atoms with Crippen LogP contribution in [-0.2, 0) is 11.3 Å². The van der Waals surface area contributed by atoms with E-state index >= 15 is 0 Å². The predicted octanol–water partition coefficient (Wildman–Crippen LogP) is 4.31. The fourth-order valence-electron chi connectivity index (χ4n) is 4.07. The Hall–Kier alpha value is -2.78. The zero-order valence-corrected chi connectivity index (χ0v) is 19.6. The third-order valence-corrected chi connectivity index (χ3v) is 6.78. The van der Waals surface area contributed by atoms with Crippen LogP contribution < -0.4 is 10.6 Å². The number of anilines is 3. The predicted molar refractivity (Wildman–Crippen MR) is 131 cm³/mol. The van der Waals surface area contributed by atoms with Crippen LogP contribution in [0.25, 0.3) is 10.2 Å². The Labute approximate surface area is 192 Å². The van der Waals surface area contributed by atoms with Gasteiger partial charge in [-0.05, 0) is 63.2 Å². The molecule has 0 amide bonds. The number of allylic oxidation sites excluding steroid dienone is 1. The van der Waals surface area contributed by atoms with Crippen molar-refractivity contribution in [2.24, 2.45) is 5.92 Å². The fourth-order valence-corrected chi connectivity index (χ4v) is 4.85. The number of aromatic nitrogens is 4. The molecule has 1 aliphatic rings. The molecular weight excluding hydrogens is 422 g/mol. The first kappa shape index (κ1) is 22.4. The van der Waals surface area contributed by atoms with Gasteiger partial charge in [-0.25, -0.2) is 4.98 Å². The van der Waals surface area contributed by atoms with Gasteiger partial charge < -0.3 is 15.5 Å². The second kappa shape index (κ2) is 10.2. The molecule has 0 atom stereocenters. The average molecular weight is 454 g/mol. The van der Waals surface area contributed by atoms with Crippen LogP contribution in [0.3, 0.4) is 0 Å². The van der Waals surface area contributed by atoms with Crippen LogP contribution in [0.1, 0.15) is 32.1 Å². The largest absolute Gasteiger partial charge is 0.366 e. The summed E-state index contributed by atoms with van der Waals surface area (Å²) in [7, 11) is 4.10. The summed E-state index contributed by atoms with van der Waals surface area (Å²) in [6, 6.07) is 2.38. The number of carbonyl (C=O) groups is 1. The van der Waals surface area contributed by atoms with Crippen molar-refractivity contribution < 1.29 is 4.79 Å². The molecule has 170 valence electrons. The smallest absolute Gasteiger partial charge is 0.229 e. The molecule has 9 heteroatoms. The monoisotopic (exact) mass is 453 g/mol. The Morgan fingerprint density at radius 2 is 2.12 bits per heavy atom. The number of nitrogens with zero attached hydrogens (tertiary/aromatic N) is 5. The van der Waals surface area contributed by atoms with Crippen molar-refractivity contribution in [3.05, 3.63) is 36.5 Å². The standard InChI is InChI=1S/C23H31N7OS/c1-4-19(31)13-16-5-7-17(8-6-16)25-22-21-20(9-12-32-21)27-23(28-22)26-18-14-24-30(15-18)11-10-29(2)3/h4,9,12,14-17H,1,5-8,10-11,13H2,2-3H3,(H2,25,26,27,28). The Bertz CT molecular complexity index is 1070. The van der Waals surface area contributed by atoms with Gasteiger partial charge in [-0.2, -0.15) is 10.1 Å². The number of fused-ring (bicyclic) bond motifs is 1. The van der Waals surface area contributed by atoms with Gasteiger partial charge in [0.1, 0.15) is 5.82 Å². The lowest BCUT2D eigenvalue weighted by molar-refractivity contribution is -0.115. The van der Waals surface area contributed by atoms with Crippen molar-refractivity contribution in [3.8, 4) is 0 Å². The van der Waals surface area contributed by atoms with Gasteiger partial charge in [0.15, 0.2) is 5.78 Å². The number of nitrogens with one attached hydrogen (secondary N) is 2. The van der Waals surface area contributed by atoms with E-state index < -0.39 is 0 Å². The zero-order chi connectivity index (χ0) is 22.5. The van der Waals surface area contributed by atoms with Crippen LogP contribution in [0.4, 0.5) is 17.5 Å². The van der Waals surface area contributed by atoms with Crippen LogP contribution in [0.5, 0.6) is 0 Å². The van der Waals surface area contributed by atoms with Gasteiger partial charge in [-0.15, -0.1) is 11.3 Å². The minimum Gasteiger partial charge on any atom is -0.366 e. The molecule has 3 aromatic heterocycles. The third-order valence-electron chi connectivity index (χ3n) is 5.87. The van der Waals surface area contributed by atoms with E-state index in [9.17, 15) is 4.79 Å². The molecule has 1 fully saturated rings. The van der Waals surface area contributed by atoms with E-state index in [1.165, 1.54) is 6.08 Å². The van der Waals surface area contributed by atoms with E-state index in [-0.39, 0.29) is 5.78 Å². The first-order valence-corrected chi connectivity index (χ1v) is 12.0. The van der Waals surface area contributed by atoms with Crippen molar-refractivity contribution in [2.45, 2.75) is 44.7 Å². The van der Waals surface area contributed by atoms with E-state index in [1.54, 1.807) is 17.5 Å². The Kier molecular flexibility index (Phi) is 7.16. The number of hydrogen-bond donors (Lipinski definition) is 2. The summed E-state index contributed by atoms with van der Waals surface area (Å²) in [5.41, 5.74) is 1.80. The Balaban J connectivity index is 1.42. The highest BCUT2D eigenvalue weighted by atomic mass is 32.1. The highest BCUT2D eigenvalue weighted by Gasteiger charge is 2.23. The lowest BCUT2D eigenvalue weighted by Gasteiger charge is -2.29. The first-order chi connectivity index (χ1) is 15.5. The molecule has 1 aliphatic carbocycles. The molecule has 3 heterocycles. The Morgan fingerprint density at radius 3 is 2.88 bits per heavy atom. The molecule has 0 unspecified atom stereocenters. The molecule has 0 spiro atoms. The molecule has 8 nitrogen and oxygen atoms in total. The fraction of sp³-hybridized carbons (Fsp3) is 0.478. The average Bonchev–Trinajstić information content (AvgIpc) is 3.43. The van der Waals surface area contributed by atoms with Gasteiger partial charge >= 0.3 is 0 Å². The molecule has 0 aromatic carbocycles. The molecule has 0 bridgehead atoms. The topological polar surface area (TPSA) is 88.0 Å². The second-order valence-corrected chi connectivity index (χ2v) is 9.60. The van der Waals surface area contributed by atoms with Crippen molar-refractivity contribution in [1.29, 1.82) is 0 Å². The van der Waals surface area contributed by atoms with E-state index in [1.807, 2.05) is 36.4 Å². The lowest BCUT2D eigenvalue weighted by atomic mass is 9.83. The summed E-state index contributed by atoms with van der Waals surface area (Å²) in [4.78, 5) is 23.3. The summed E-state index contributed by atoms with van der Waals surface area (Å²) in [6.07, 6.45) is 10.0. The maximum absolute atomic E-state index is 11.7. The lowest BCUT2D eigenvalue weighted by Crippen LogP contribution is -2.27. The van der Waals surface area contributed by atoms with Crippen molar-refractivity contribution in [2.75, 3.05) is 31.3 Å². The van der Waals surface area contributed by atoms with E-state index in [0.717, 1.165) is 60.5 Å². The first-order valence-electron chi connectivity index (χ1n) is 11.1. The minimum absolute atomic E-state index is 0.151. The van der Waals surface area contributed by atoms with Gasteiger partial charge in [-0.1, -0.05) is 6.58 Å². The summed E-state index contributed by atoms with van der Waals surface area (Å²) < 4.78 is 2.99. The molecule has 32 heavy (non-hydrogen) atoms. The Morgan fingerprint density at radius 1 is 1.31 bits per heavy atom. The third kappa shape index (κ3) is 5.72. The van der Waals surface area contributed by atoms with Gasteiger partial charge in [0.25, 0.3) is 0 Å². The zero-order valence-electron chi connectivity index (χ0n) is 18.8. The maximum atomic E-state index is 11.7. The highest BCUT2D eigenvalue weighted by Crippen LogP contribution is 2.33. The normalized spacial score (nSPS) is 18.7. The van der Waals surface area contributed by atoms with E-state index in [0.29, 0.717) is 24.3 Å². The number of carbonyl (C=O) groups excluding carboxylic acids is 1. The van der Waals surface area contributed by atoms with Gasteiger partial charge in [0, 0.05) is 25.2 Å². The maximum Gasteiger partial charge on any atom is 0.229 e. The van der Waals surface area contributed by atoms with E-state index in [2.05, 4.69) is 32.2 Å². The summed E-state index contributed by atoms with van der Waals surface area (Å²) in [6.45, 7) is 5.34. The molecule has 0 aliphatic heterocycles. The number of ketones is 1. The summed E-state index contributed by atoms with van der Waals surface area (Å²) >= 11 is 1.65. The van der Waals surface area contributed by atoms with Crippen LogP contribution >= 0.6 is 11.3 Å². The van der Waals surface area contributed by atoms with Crippen molar-refractivity contribution >= 4 is 44.8 Å².